The number of ketones is 1. The molecule has 3 aromatic rings. The Hall–Kier alpha value is -2.07. The third-order valence-corrected chi connectivity index (χ3v) is 6.85. The van der Waals surface area contributed by atoms with Gasteiger partial charge in [-0.25, -0.2) is 17.7 Å². The lowest BCUT2D eigenvalue weighted by atomic mass is 10.1. The third-order valence-electron chi connectivity index (χ3n) is 3.92. The number of thioether (sulfide) groups is 1. The summed E-state index contributed by atoms with van der Waals surface area (Å²) in [5, 5.41) is 0.636. The average Bonchev–Trinajstić information content (AvgIpc) is 3.07. The average molecular weight is 441 g/mol. The molecule has 1 aromatic heterocycles. The van der Waals surface area contributed by atoms with Crippen LogP contribution in [-0.2, 0) is 10.0 Å². The fourth-order valence-corrected chi connectivity index (χ4v) is 4.28. The van der Waals surface area contributed by atoms with Crippen molar-refractivity contribution in [3.05, 3.63) is 47.0 Å². The van der Waals surface area contributed by atoms with E-state index in [0.29, 0.717) is 27.4 Å². The Balaban J connectivity index is 1.76. The lowest BCUT2D eigenvalue weighted by molar-refractivity contribution is 0.102. The smallest absolute Gasteiger partial charge is 0.257 e. The standard InChI is InChI=1S/C18H17ClN2O5S2/c1-21(2)28(23,24)12-5-7-17-14(9-12)20-18(26-17)27-10-15(22)11-4-6-16(25-3)13(19)8-11/h4-9H,10H2,1-3H3. The van der Waals surface area contributed by atoms with Crippen LogP contribution in [0.2, 0.25) is 5.02 Å². The molecular weight excluding hydrogens is 424 g/mol. The van der Waals surface area contributed by atoms with Crippen molar-refractivity contribution in [3.8, 4) is 5.75 Å². The van der Waals surface area contributed by atoms with Gasteiger partial charge in [-0.1, -0.05) is 23.4 Å². The van der Waals surface area contributed by atoms with Gasteiger partial charge in [0.05, 0.1) is 22.8 Å². The zero-order valence-corrected chi connectivity index (χ0v) is 17.7. The van der Waals surface area contributed by atoms with Gasteiger partial charge in [-0.05, 0) is 36.4 Å². The number of nitrogens with zero attached hydrogens (tertiary/aromatic N) is 2. The molecule has 2 aromatic carbocycles. The number of carbonyl (C=O) groups is 1. The van der Waals surface area contributed by atoms with Crippen LogP contribution < -0.4 is 4.74 Å². The van der Waals surface area contributed by atoms with Crippen molar-refractivity contribution in [3.63, 3.8) is 0 Å². The van der Waals surface area contributed by atoms with Gasteiger partial charge in [-0.2, -0.15) is 0 Å². The molecule has 10 heteroatoms. The predicted molar refractivity (Wildman–Crippen MR) is 108 cm³/mol. The van der Waals surface area contributed by atoms with E-state index in [9.17, 15) is 13.2 Å². The van der Waals surface area contributed by atoms with Crippen LogP contribution in [0.25, 0.3) is 11.1 Å². The summed E-state index contributed by atoms with van der Waals surface area (Å²) in [5.41, 5.74) is 1.30. The quantitative estimate of drug-likeness (QED) is 0.408. The van der Waals surface area contributed by atoms with Crippen LogP contribution in [0.5, 0.6) is 5.75 Å². The maximum Gasteiger partial charge on any atom is 0.257 e. The molecule has 0 unspecified atom stereocenters. The molecule has 0 aliphatic carbocycles. The SMILES string of the molecule is COc1ccc(C(=O)CSc2nc3cc(S(=O)(=O)N(C)C)ccc3o2)cc1Cl. The van der Waals surface area contributed by atoms with Crippen molar-refractivity contribution in [1.29, 1.82) is 0 Å². The first-order chi connectivity index (χ1) is 13.2. The van der Waals surface area contributed by atoms with Gasteiger partial charge >= 0.3 is 0 Å². The molecule has 0 saturated heterocycles. The van der Waals surface area contributed by atoms with E-state index in [1.165, 1.54) is 33.3 Å². The molecule has 3 rings (SSSR count). The molecule has 1 heterocycles. The summed E-state index contributed by atoms with van der Waals surface area (Å²) in [4.78, 5) is 16.8. The van der Waals surface area contributed by atoms with E-state index < -0.39 is 10.0 Å². The molecule has 0 aliphatic heterocycles. The van der Waals surface area contributed by atoms with E-state index in [-0.39, 0.29) is 21.7 Å². The van der Waals surface area contributed by atoms with Crippen LogP contribution in [0, 0.1) is 0 Å². The Kier molecular flexibility index (Phi) is 5.99. The van der Waals surface area contributed by atoms with Gasteiger partial charge in [0.15, 0.2) is 11.4 Å². The summed E-state index contributed by atoms with van der Waals surface area (Å²) >= 11 is 7.17. The Morgan fingerprint density at radius 3 is 2.64 bits per heavy atom. The van der Waals surface area contributed by atoms with Crippen LogP contribution in [-0.4, -0.2) is 50.4 Å². The molecule has 0 bridgehead atoms. The number of hydrogen-bond acceptors (Lipinski definition) is 7. The second kappa shape index (κ2) is 8.12. The zero-order valence-electron chi connectivity index (χ0n) is 15.3. The number of hydrogen-bond donors (Lipinski definition) is 0. The van der Waals surface area contributed by atoms with Crippen LogP contribution in [0.4, 0.5) is 0 Å². The topological polar surface area (TPSA) is 89.7 Å². The highest BCUT2D eigenvalue weighted by molar-refractivity contribution is 7.99. The molecule has 0 atom stereocenters. The second-order valence-corrected chi connectivity index (χ2v) is 9.44. The number of benzene rings is 2. The van der Waals surface area contributed by atoms with Gasteiger partial charge in [0.25, 0.3) is 5.22 Å². The van der Waals surface area contributed by atoms with Crippen molar-refractivity contribution in [1.82, 2.24) is 9.29 Å². The molecule has 7 nitrogen and oxygen atoms in total. The largest absolute Gasteiger partial charge is 0.495 e. The first kappa shape index (κ1) is 20.7. The molecule has 0 amide bonds. The molecule has 0 fully saturated rings. The predicted octanol–water partition coefficient (Wildman–Crippen LogP) is 3.72. The number of halogens is 1. The summed E-state index contributed by atoms with van der Waals surface area (Å²) < 4.78 is 36.2. The van der Waals surface area contributed by atoms with Gasteiger partial charge in [0, 0.05) is 19.7 Å². The van der Waals surface area contributed by atoms with Crippen molar-refractivity contribution >= 4 is 50.3 Å². The molecular formula is C18H17ClN2O5S2. The van der Waals surface area contributed by atoms with Gasteiger partial charge in [0.2, 0.25) is 10.0 Å². The lowest BCUT2D eigenvalue weighted by Gasteiger charge is -2.10. The number of methoxy groups -OCH3 is 1. The lowest BCUT2D eigenvalue weighted by Crippen LogP contribution is -2.22. The summed E-state index contributed by atoms with van der Waals surface area (Å²) in [6, 6.07) is 9.27. The Morgan fingerprint density at radius 2 is 2.00 bits per heavy atom. The van der Waals surface area contributed by atoms with Gasteiger partial charge in [-0.15, -0.1) is 0 Å². The van der Waals surface area contributed by atoms with Crippen LogP contribution in [0.15, 0.2) is 50.9 Å². The highest BCUT2D eigenvalue weighted by atomic mass is 35.5. The van der Waals surface area contributed by atoms with Crippen molar-refractivity contribution in [2.24, 2.45) is 0 Å². The van der Waals surface area contributed by atoms with Gasteiger partial charge in [-0.3, -0.25) is 4.79 Å². The molecule has 28 heavy (non-hydrogen) atoms. The van der Waals surface area contributed by atoms with E-state index in [2.05, 4.69) is 4.98 Å². The van der Waals surface area contributed by atoms with Crippen molar-refractivity contribution in [2.75, 3.05) is 27.0 Å². The maximum atomic E-state index is 12.4. The van der Waals surface area contributed by atoms with Crippen molar-refractivity contribution < 1.29 is 22.4 Å². The summed E-state index contributed by atoms with van der Waals surface area (Å²) in [6.07, 6.45) is 0. The molecule has 0 N–H and O–H groups in total. The van der Waals surface area contributed by atoms with E-state index >= 15 is 0 Å². The minimum atomic E-state index is -3.56. The fraction of sp³-hybridized carbons (Fsp3) is 0.222. The van der Waals surface area contributed by atoms with Gasteiger partial charge in [0.1, 0.15) is 11.3 Å². The Labute approximate surface area is 171 Å². The number of rotatable bonds is 7. The summed E-state index contributed by atoms with van der Waals surface area (Å²) in [6.45, 7) is 0. The Morgan fingerprint density at radius 1 is 1.25 bits per heavy atom. The third kappa shape index (κ3) is 4.17. The summed E-state index contributed by atoms with van der Waals surface area (Å²) in [7, 11) is 0.856. The zero-order chi connectivity index (χ0) is 20.5. The molecule has 0 spiro atoms. The van der Waals surface area contributed by atoms with Crippen molar-refractivity contribution in [2.45, 2.75) is 10.1 Å². The Bertz CT molecular complexity index is 1140. The summed E-state index contributed by atoms with van der Waals surface area (Å²) in [5.74, 6) is 0.444. The highest BCUT2D eigenvalue weighted by Gasteiger charge is 2.19. The van der Waals surface area contributed by atoms with E-state index in [1.807, 2.05) is 0 Å². The monoisotopic (exact) mass is 440 g/mol. The van der Waals surface area contributed by atoms with Gasteiger partial charge < -0.3 is 9.15 Å². The number of ether oxygens (including phenoxy) is 1. The van der Waals surface area contributed by atoms with E-state index in [1.54, 1.807) is 24.3 Å². The van der Waals surface area contributed by atoms with Crippen LogP contribution in [0.1, 0.15) is 10.4 Å². The minimum absolute atomic E-state index is 0.0956. The minimum Gasteiger partial charge on any atom is -0.495 e. The molecule has 0 aliphatic rings. The molecule has 0 radical (unpaired) electrons. The first-order valence-corrected chi connectivity index (χ1v) is 10.9. The van der Waals surface area contributed by atoms with Crippen LogP contribution >= 0.6 is 23.4 Å². The number of fused-ring (bicyclic) bond motifs is 1. The van der Waals surface area contributed by atoms with E-state index in [4.69, 9.17) is 20.8 Å². The normalized spacial score (nSPS) is 11.9. The number of sulfonamides is 1. The number of carbonyl (C=O) groups excluding carboxylic acids is 1. The number of aromatic nitrogens is 1. The highest BCUT2D eigenvalue weighted by Crippen LogP contribution is 2.28. The maximum absolute atomic E-state index is 12.4. The van der Waals surface area contributed by atoms with E-state index in [0.717, 1.165) is 16.1 Å². The first-order valence-electron chi connectivity index (χ1n) is 8.05. The number of oxazole rings is 1. The number of Topliss-reactive ketones (excluding diaryl/α,β-unsaturated/α-hetero) is 1. The second-order valence-electron chi connectivity index (χ2n) is 5.96. The molecule has 0 saturated carbocycles. The fourth-order valence-electron chi connectivity index (χ4n) is 2.37. The molecule has 148 valence electrons. The van der Waals surface area contributed by atoms with Crippen LogP contribution in [0.3, 0.4) is 0 Å².